The van der Waals surface area contributed by atoms with Gasteiger partial charge in [0.05, 0.1) is 4.47 Å². The van der Waals surface area contributed by atoms with Crippen LogP contribution in [0.25, 0.3) is 0 Å². The SMILES string of the molecule is OCCc1cc(O)c(O)c(Br)c1. The molecule has 3 nitrogen and oxygen atoms in total. The highest BCUT2D eigenvalue weighted by molar-refractivity contribution is 9.10. The first-order valence-corrected chi connectivity index (χ1v) is 4.25. The summed E-state index contributed by atoms with van der Waals surface area (Å²) in [7, 11) is 0. The summed E-state index contributed by atoms with van der Waals surface area (Å²) < 4.78 is 0.436. The average molecular weight is 233 g/mol. The third-order valence-corrected chi connectivity index (χ3v) is 2.11. The highest BCUT2D eigenvalue weighted by atomic mass is 79.9. The van der Waals surface area contributed by atoms with Crippen molar-refractivity contribution in [2.45, 2.75) is 6.42 Å². The Kier molecular flexibility index (Phi) is 2.94. The van der Waals surface area contributed by atoms with Crippen molar-refractivity contribution >= 4 is 15.9 Å². The number of aliphatic hydroxyl groups is 1. The van der Waals surface area contributed by atoms with Crippen LogP contribution in [0.3, 0.4) is 0 Å². The van der Waals surface area contributed by atoms with E-state index in [-0.39, 0.29) is 18.1 Å². The first-order chi connectivity index (χ1) is 5.65. The molecule has 0 heterocycles. The monoisotopic (exact) mass is 232 g/mol. The summed E-state index contributed by atoms with van der Waals surface area (Å²) in [5.74, 6) is -0.343. The van der Waals surface area contributed by atoms with E-state index in [1.165, 1.54) is 6.07 Å². The summed E-state index contributed by atoms with van der Waals surface area (Å²) >= 11 is 3.08. The van der Waals surface area contributed by atoms with Crippen LogP contribution in [-0.4, -0.2) is 21.9 Å². The van der Waals surface area contributed by atoms with Crippen molar-refractivity contribution in [2.24, 2.45) is 0 Å². The van der Waals surface area contributed by atoms with E-state index in [0.717, 1.165) is 5.56 Å². The van der Waals surface area contributed by atoms with E-state index in [0.29, 0.717) is 10.9 Å². The van der Waals surface area contributed by atoms with Gasteiger partial charge in [-0.25, -0.2) is 0 Å². The van der Waals surface area contributed by atoms with Gasteiger partial charge in [-0.15, -0.1) is 0 Å². The van der Waals surface area contributed by atoms with Gasteiger partial charge in [0.1, 0.15) is 0 Å². The molecule has 1 rings (SSSR count). The molecule has 1 aromatic carbocycles. The molecule has 0 saturated heterocycles. The summed E-state index contributed by atoms with van der Waals surface area (Å²) in [4.78, 5) is 0. The highest BCUT2D eigenvalue weighted by Crippen LogP contribution is 2.34. The Bertz CT molecular complexity index is 263. The van der Waals surface area contributed by atoms with Gasteiger partial charge in [-0.1, -0.05) is 0 Å². The molecule has 0 radical (unpaired) electrons. The molecule has 0 saturated carbocycles. The van der Waals surface area contributed by atoms with Gasteiger partial charge in [0, 0.05) is 6.61 Å². The fraction of sp³-hybridized carbons (Fsp3) is 0.250. The molecular formula is C8H9BrO3. The van der Waals surface area contributed by atoms with E-state index in [1.54, 1.807) is 6.07 Å². The van der Waals surface area contributed by atoms with Crippen LogP contribution in [0.1, 0.15) is 5.56 Å². The zero-order valence-electron chi connectivity index (χ0n) is 6.29. The molecule has 0 unspecified atom stereocenters. The zero-order valence-corrected chi connectivity index (χ0v) is 7.87. The van der Waals surface area contributed by atoms with Gasteiger partial charge in [0.25, 0.3) is 0 Å². The quantitative estimate of drug-likeness (QED) is 0.676. The van der Waals surface area contributed by atoms with Crippen LogP contribution in [-0.2, 0) is 6.42 Å². The maximum Gasteiger partial charge on any atom is 0.171 e. The molecule has 1 aromatic rings. The van der Waals surface area contributed by atoms with Gasteiger partial charge in [-0.05, 0) is 40.0 Å². The van der Waals surface area contributed by atoms with Crippen LogP contribution in [0.5, 0.6) is 11.5 Å². The topological polar surface area (TPSA) is 60.7 Å². The summed E-state index contributed by atoms with van der Waals surface area (Å²) in [5.41, 5.74) is 0.777. The van der Waals surface area contributed by atoms with Crippen molar-refractivity contribution in [3.63, 3.8) is 0 Å². The maximum absolute atomic E-state index is 9.15. The van der Waals surface area contributed by atoms with Crippen LogP contribution in [0.2, 0.25) is 0 Å². The minimum atomic E-state index is -0.173. The van der Waals surface area contributed by atoms with Crippen molar-refractivity contribution in [3.8, 4) is 11.5 Å². The predicted molar refractivity (Wildman–Crippen MR) is 48.3 cm³/mol. The third kappa shape index (κ3) is 1.89. The van der Waals surface area contributed by atoms with E-state index >= 15 is 0 Å². The molecule has 0 aliphatic carbocycles. The van der Waals surface area contributed by atoms with E-state index in [1.807, 2.05) is 0 Å². The van der Waals surface area contributed by atoms with Crippen LogP contribution >= 0.6 is 15.9 Å². The molecule has 0 aliphatic rings. The third-order valence-electron chi connectivity index (χ3n) is 1.50. The number of aliphatic hydroxyl groups excluding tert-OH is 1. The van der Waals surface area contributed by atoms with E-state index in [9.17, 15) is 0 Å². The first-order valence-electron chi connectivity index (χ1n) is 3.46. The molecule has 0 fully saturated rings. The molecule has 0 aromatic heterocycles. The molecule has 0 aliphatic heterocycles. The Labute approximate surface area is 78.4 Å². The molecular weight excluding hydrogens is 224 g/mol. The van der Waals surface area contributed by atoms with Crippen LogP contribution in [0.4, 0.5) is 0 Å². The fourth-order valence-electron chi connectivity index (χ4n) is 0.913. The molecule has 4 heteroatoms. The minimum Gasteiger partial charge on any atom is -0.504 e. The van der Waals surface area contributed by atoms with E-state index in [2.05, 4.69) is 15.9 Å². The standard InChI is InChI=1S/C8H9BrO3/c9-6-3-5(1-2-10)4-7(11)8(6)12/h3-4,10-12H,1-2H2. The van der Waals surface area contributed by atoms with E-state index < -0.39 is 0 Å². The summed E-state index contributed by atoms with van der Waals surface area (Å²) in [6.45, 7) is 0.0245. The lowest BCUT2D eigenvalue weighted by Gasteiger charge is -2.03. The number of hydrogen-bond donors (Lipinski definition) is 3. The number of halogens is 1. The van der Waals surface area contributed by atoms with Crippen molar-refractivity contribution in [1.82, 2.24) is 0 Å². The van der Waals surface area contributed by atoms with Gasteiger partial charge in [0.15, 0.2) is 11.5 Å². The van der Waals surface area contributed by atoms with Crippen molar-refractivity contribution in [3.05, 3.63) is 22.2 Å². The number of benzene rings is 1. The Balaban J connectivity index is 3.04. The van der Waals surface area contributed by atoms with Gasteiger partial charge in [0.2, 0.25) is 0 Å². The first kappa shape index (κ1) is 9.35. The van der Waals surface area contributed by atoms with Gasteiger partial charge < -0.3 is 15.3 Å². The lowest BCUT2D eigenvalue weighted by molar-refractivity contribution is 0.299. The molecule has 0 atom stereocenters. The van der Waals surface area contributed by atoms with Crippen molar-refractivity contribution < 1.29 is 15.3 Å². The minimum absolute atomic E-state index is 0.0245. The summed E-state index contributed by atoms with van der Waals surface area (Å²) in [6, 6.07) is 3.08. The lowest BCUT2D eigenvalue weighted by atomic mass is 10.1. The number of hydrogen-bond acceptors (Lipinski definition) is 3. The Morgan fingerprint density at radius 2 is 1.92 bits per heavy atom. The van der Waals surface area contributed by atoms with Crippen molar-refractivity contribution in [1.29, 1.82) is 0 Å². The molecule has 12 heavy (non-hydrogen) atoms. The molecule has 0 amide bonds. The molecule has 66 valence electrons. The smallest absolute Gasteiger partial charge is 0.171 e. The Morgan fingerprint density at radius 1 is 1.25 bits per heavy atom. The summed E-state index contributed by atoms with van der Waals surface area (Å²) in [6.07, 6.45) is 0.465. The molecule has 3 N–H and O–H groups in total. The van der Waals surface area contributed by atoms with Crippen LogP contribution in [0, 0.1) is 0 Å². The Hall–Kier alpha value is -0.740. The largest absolute Gasteiger partial charge is 0.504 e. The lowest BCUT2D eigenvalue weighted by Crippen LogP contribution is -1.90. The summed E-state index contributed by atoms with van der Waals surface area (Å²) in [5, 5.41) is 26.9. The zero-order chi connectivity index (χ0) is 9.14. The second-order valence-corrected chi connectivity index (χ2v) is 3.27. The highest BCUT2D eigenvalue weighted by Gasteiger charge is 2.05. The van der Waals surface area contributed by atoms with Gasteiger partial charge in [-0.3, -0.25) is 0 Å². The van der Waals surface area contributed by atoms with Crippen LogP contribution in [0.15, 0.2) is 16.6 Å². The molecule has 0 spiro atoms. The number of phenolic OH excluding ortho intramolecular Hbond substituents is 2. The van der Waals surface area contributed by atoms with Crippen LogP contribution < -0.4 is 0 Å². The second-order valence-electron chi connectivity index (χ2n) is 2.42. The normalized spacial score (nSPS) is 10.2. The van der Waals surface area contributed by atoms with Gasteiger partial charge >= 0.3 is 0 Å². The fourth-order valence-corrected chi connectivity index (χ4v) is 1.41. The number of aromatic hydroxyl groups is 2. The second kappa shape index (κ2) is 3.78. The predicted octanol–water partition coefficient (Wildman–Crippen LogP) is 1.40. The van der Waals surface area contributed by atoms with Crippen molar-refractivity contribution in [2.75, 3.05) is 6.61 Å². The van der Waals surface area contributed by atoms with E-state index in [4.69, 9.17) is 15.3 Å². The number of rotatable bonds is 2. The average Bonchev–Trinajstić information content (AvgIpc) is 2.01. The van der Waals surface area contributed by atoms with Gasteiger partial charge in [-0.2, -0.15) is 0 Å². The Morgan fingerprint density at radius 3 is 2.42 bits per heavy atom. The molecule has 0 bridgehead atoms. The number of phenols is 2. The maximum atomic E-state index is 9.15.